The molecule has 2 rings (SSSR count). The molecule has 0 unspecified atom stereocenters. The third-order valence-corrected chi connectivity index (χ3v) is 4.01. The summed E-state index contributed by atoms with van der Waals surface area (Å²) < 4.78 is 0. The largest absolute Gasteiger partial charge is 0.507 e. The van der Waals surface area contributed by atoms with Gasteiger partial charge >= 0.3 is 0 Å². The molecule has 0 atom stereocenters. The fraction of sp³-hybridized carbons (Fsp3) is 0.538. The quantitative estimate of drug-likeness (QED) is 0.793. The van der Waals surface area contributed by atoms with Gasteiger partial charge in [0.05, 0.1) is 0 Å². The van der Waals surface area contributed by atoms with E-state index in [-0.39, 0.29) is 0 Å². The number of nitrogens with one attached hydrogen (secondary N) is 1. The molecular weight excluding hydrogens is 218 g/mol. The second kappa shape index (κ2) is 5.60. The van der Waals surface area contributed by atoms with Crippen molar-refractivity contribution in [2.24, 2.45) is 5.92 Å². The highest BCUT2D eigenvalue weighted by Crippen LogP contribution is 2.29. The van der Waals surface area contributed by atoms with Crippen molar-refractivity contribution in [3.63, 3.8) is 0 Å². The van der Waals surface area contributed by atoms with Crippen molar-refractivity contribution in [1.82, 2.24) is 5.32 Å². The van der Waals surface area contributed by atoms with E-state index < -0.39 is 0 Å². The first-order valence-electron chi connectivity index (χ1n) is 5.86. The third kappa shape index (κ3) is 2.92. The average Bonchev–Trinajstić information content (AvgIpc) is 2.31. The lowest BCUT2D eigenvalue weighted by atomic mass is 9.91. The van der Waals surface area contributed by atoms with Crippen LogP contribution < -0.4 is 5.32 Å². The Morgan fingerprint density at radius 2 is 2.12 bits per heavy atom. The van der Waals surface area contributed by atoms with Gasteiger partial charge in [0.2, 0.25) is 0 Å². The molecule has 3 heteroatoms. The molecule has 0 amide bonds. The van der Waals surface area contributed by atoms with Crippen LogP contribution in [0.2, 0.25) is 0 Å². The van der Waals surface area contributed by atoms with Gasteiger partial charge in [-0.15, -0.1) is 11.8 Å². The van der Waals surface area contributed by atoms with Crippen molar-refractivity contribution < 1.29 is 5.11 Å². The van der Waals surface area contributed by atoms with Gasteiger partial charge in [-0.05, 0) is 62.2 Å². The first-order valence-corrected chi connectivity index (χ1v) is 7.08. The van der Waals surface area contributed by atoms with Crippen LogP contribution in [-0.4, -0.2) is 24.5 Å². The lowest BCUT2D eigenvalue weighted by Crippen LogP contribution is -2.28. The summed E-state index contributed by atoms with van der Waals surface area (Å²) in [6.45, 7) is 2.28. The van der Waals surface area contributed by atoms with E-state index in [0.717, 1.165) is 30.3 Å². The highest BCUT2D eigenvalue weighted by Gasteiger charge is 2.14. The maximum atomic E-state index is 9.79. The number of hydrogen-bond donors (Lipinski definition) is 2. The van der Waals surface area contributed by atoms with E-state index >= 15 is 0 Å². The minimum absolute atomic E-state index is 0.430. The standard InChI is InChI=1S/C13H19NOS/c1-16-13-3-2-11(9-12(13)15)8-10-4-6-14-7-5-10/h2-3,9-10,14-15H,4-8H2,1H3. The van der Waals surface area contributed by atoms with Crippen molar-refractivity contribution in [2.75, 3.05) is 19.3 Å². The Hall–Kier alpha value is -0.670. The lowest BCUT2D eigenvalue weighted by Gasteiger charge is -2.22. The zero-order valence-electron chi connectivity index (χ0n) is 9.70. The van der Waals surface area contributed by atoms with E-state index in [1.54, 1.807) is 11.8 Å². The van der Waals surface area contributed by atoms with E-state index in [9.17, 15) is 5.11 Å². The Kier molecular flexibility index (Phi) is 4.13. The molecule has 1 heterocycles. The molecule has 1 saturated heterocycles. The Labute approximate surface area is 101 Å². The van der Waals surface area contributed by atoms with Gasteiger partial charge in [-0.25, -0.2) is 0 Å². The highest BCUT2D eigenvalue weighted by molar-refractivity contribution is 7.98. The zero-order valence-corrected chi connectivity index (χ0v) is 10.5. The van der Waals surface area contributed by atoms with E-state index in [1.165, 1.54) is 18.4 Å². The van der Waals surface area contributed by atoms with Crippen LogP contribution in [0.15, 0.2) is 23.1 Å². The van der Waals surface area contributed by atoms with Crippen molar-refractivity contribution >= 4 is 11.8 Å². The summed E-state index contributed by atoms with van der Waals surface area (Å²) in [6, 6.07) is 6.10. The summed E-state index contributed by atoms with van der Waals surface area (Å²) in [6.07, 6.45) is 5.60. The highest BCUT2D eigenvalue weighted by atomic mass is 32.2. The average molecular weight is 237 g/mol. The topological polar surface area (TPSA) is 32.3 Å². The van der Waals surface area contributed by atoms with Crippen LogP contribution in [-0.2, 0) is 6.42 Å². The van der Waals surface area contributed by atoms with E-state index in [0.29, 0.717) is 5.75 Å². The number of rotatable bonds is 3. The molecule has 1 aliphatic rings. The minimum atomic E-state index is 0.430. The van der Waals surface area contributed by atoms with Gasteiger partial charge in [-0.1, -0.05) is 6.07 Å². The lowest BCUT2D eigenvalue weighted by molar-refractivity contribution is 0.372. The fourth-order valence-electron chi connectivity index (χ4n) is 2.28. The molecule has 0 spiro atoms. The molecule has 1 aliphatic heterocycles. The summed E-state index contributed by atoms with van der Waals surface area (Å²) in [5.41, 5.74) is 1.27. The number of phenolic OH excluding ortho intramolecular Hbond substituents is 1. The van der Waals surface area contributed by atoms with Gasteiger partial charge in [0.1, 0.15) is 5.75 Å². The van der Waals surface area contributed by atoms with Crippen LogP contribution in [0.25, 0.3) is 0 Å². The van der Waals surface area contributed by atoms with Crippen LogP contribution in [0.5, 0.6) is 5.75 Å². The summed E-state index contributed by atoms with van der Waals surface area (Å²) in [5.74, 6) is 1.21. The normalized spacial score (nSPS) is 17.6. The molecule has 2 nitrogen and oxygen atoms in total. The van der Waals surface area contributed by atoms with Crippen molar-refractivity contribution in [2.45, 2.75) is 24.2 Å². The van der Waals surface area contributed by atoms with E-state index in [2.05, 4.69) is 11.4 Å². The summed E-state index contributed by atoms with van der Waals surface area (Å²) in [5, 5.41) is 13.2. The molecule has 0 aromatic heterocycles. The Bertz CT molecular complexity index is 348. The van der Waals surface area contributed by atoms with Crippen molar-refractivity contribution in [3.05, 3.63) is 23.8 Å². The Balaban J connectivity index is 2.01. The molecule has 1 fully saturated rings. The Morgan fingerprint density at radius 1 is 1.38 bits per heavy atom. The smallest absolute Gasteiger partial charge is 0.129 e. The maximum Gasteiger partial charge on any atom is 0.129 e. The number of thioether (sulfide) groups is 1. The second-order valence-corrected chi connectivity index (χ2v) is 5.25. The molecule has 2 N–H and O–H groups in total. The summed E-state index contributed by atoms with van der Waals surface area (Å²) in [7, 11) is 0. The molecular formula is C13H19NOS. The number of aromatic hydroxyl groups is 1. The molecule has 0 saturated carbocycles. The fourth-order valence-corrected chi connectivity index (χ4v) is 2.75. The third-order valence-electron chi connectivity index (χ3n) is 3.23. The summed E-state index contributed by atoms with van der Waals surface area (Å²) in [4.78, 5) is 0.967. The molecule has 1 aromatic carbocycles. The SMILES string of the molecule is CSc1ccc(CC2CCNCC2)cc1O. The van der Waals surface area contributed by atoms with Gasteiger partial charge in [0, 0.05) is 4.90 Å². The minimum Gasteiger partial charge on any atom is -0.507 e. The van der Waals surface area contributed by atoms with Gasteiger partial charge in [0.15, 0.2) is 0 Å². The van der Waals surface area contributed by atoms with E-state index in [1.807, 2.05) is 18.4 Å². The van der Waals surface area contributed by atoms with Gasteiger partial charge in [0.25, 0.3) is 0 Å². The molecule has 0 radical (unpaired) electrons. The van der Waals surface area contributed by atoms with E-state index in [4.69, 9.17) is 0 Å². The summed E-state index contributed by atoms with van der Waals surface area (Å²) >= 11 is 1.59. The number of phenols is 1. The molecule has 88 valence electrons. The number of benzene rings is 1. The van der Waals surface area contributed by atoms with Gasteiger partial charge in [-0.2, -0.15) is 0 Å². The molecule has 0 aliphatic carbocycles. The first-order chi connectivity index (χ1) is 7.79. The van der Waals surface area contributed by atoms with Crippen LogP contribution in [0.3, 0.4) is 0 Å². The van der Waals surface area contributed by atoms with Gasteiger partial charge in [-0.3, -0.25) is 0 Å². The zero-order chi connectivity index (χ0) is 11.4. The molecule has 16 heavy (non-hydrogen) atoms. The van der Waals surface area contributed by atoms with Crippen LogP contribution in [0.1, 0.15) is 18.4 Å². The molecule has 1 aromatic rings. The second-order valence-electron chi connectivity index (χ2n) is 4.40. The van der Waals surface area contributed by atoms with Gasteiger partial charge < -0.3 is 10.4 Å². The van der Waals surface area contributed by atoms with Crippen molar-refractivity contribution in [3.8, 4) is 5.75 Å². The molecule has 0 bridgehead atoms. The monoisotopic (exact) mass is 237 g/mol. The number of piperidine rings is 1. The van der Waals surface area contributed by atoms with Crippen LogP contribution >= 0.6 is 11.8 Å². The van der Waals surface area contributed by atoms with Crippen molar-refractivity contribution in [1.29, 1.82) is 0 Å². The maximum absolute atomic E-state index is 9.79. The predicted octanol–water partition coefficient (Wildman–Crippen LogP) is 2.66. The van der Waals surface area contributed by atoms with Crippen LogP contribution in [0.4, 0.5) is 0 Å². The van der Waals surface area contributed by atoms with Crippen LogP contribution in [0, 0.1) is 5.92 Å². The predicted molar refractivity (Wildman–Crippen MR) is 69.2 cm³/mol. The number of hydrogen-bond acceptors (Lipinski definition) is 3. The Morgan fingerprint density at radius 3 is 2.75 bits per heavy atom. The first kappa shape index (κ1) is 11.8.